The van der Waals surface area contributed by atoms with Crippen molar-refractivity contribution in [3.8, 4) is 0 Å². The van der Waals surface area contributed by atoms with E-state index in [1.54, 1.807) is 6.92 Å². The standard InChI is InChI=1S/C10H21N3O4S.Na.H/c1-8(2)10(14)13-5-3-6-17-18(15,16)7-4-9(11)12;;/h9H,1,3-7,11-12H2,2H3,(H,13,14);;. The second kappa shape index (κ2) is 10.8. The van der Waals surface area contributed by atoms with Gasteiger partial charge in [-0.25, -0.2) is 0 Å². The molecule has 0 saturated heterocycles. The van der Waals surface area contributed by atoms with Crippen LogP contribution in [0.4, 0.5) is 0 Å². The molecule has 0 aromatic carbocycles. The van der Waals surface area contributed by atoms with Crippen molar-refractivity contribution < 1.29 is 17.4 Å². The van der Waals surface area contributed by atoms with Gasteiger partial charge in [-0.15, -0.1) is 0 Å². The summed E-state index contributed by atoms with van der Waals surface area (Å²) in [6.45, 7) is 5.40. The van der Waals surface area contributed by atoms with Crippen LogP contribution in [-0.2, 0) is 19.1 Å². The van der Waals surface area contributed by atoms with E-state index in [2.05, 4.69) is 11.9 Å². The molecule has 0 aliphatic carbocycles. The van der Waals surface area contributed by atoms with E-state index in [0.29, 0.717) is 18.5 Å². The zero-order valence-corrected chi connectivity index (χ0v) is 11.3. The summed E-state index contributed by atoms with van der Waals surface area (Å²) in [6.07, 6.45) is -0.125. The number of hydrogen-bond donors (Lipinski definition) is 3. The fourth-order valence-electron chi connectivity index (χ4n) is 0.950. The van der Waals surface area contributed by atoms with E-state index in [9.17, 15) is 13.2 Å². The summed E-state index contributed by atoms with van der Waals surface area (Å²) in [5.74, 6) is -0.463. The molecular formula is C10H22N3NaO4S. The van der Waals surface area contributed by atoms with Crippen molar-refractivity contribution in [2.24, 2.45) is 11.5 Å². The first kappa shape index (κ1) is 21.3. The molecule has 0 saturated carbocycles. The molecule has 0 aromatic rings. The summed E-state index contributed by atoms with van der Waals surface area (Å²) in [6, 6.07) is 0. The number of amides is 1. The first-order valence-electron chi connectivity index (χ1n) is 5.56. The molecule has 0 rings (SSSR count). The third-order valence-electron chi connectivity index (χ3n) is 1.96. The zero-order chi connectivity index (χ0) is 14.2. The Morgan fingerprint density at radius 2 is 2.00 bits per heavy atom. The van der Waals surface area contributed by atoms with Crippen molar-refractivity contribution in [2.75, 3.05) is 18.9 Å². The molecule has 0 aromatic heterocycles. The molecule has 0 atom stereocenters. The van der Waals surface area contributed by atoms with Gasteiger partial charge >= 0.3 is 29.6 Å². The van der Waals surface area contributed by atoms with Gasteiger partial charge in [-0.05, 0) is 19.8 Å². The number of hydrogen-bond acceptors (Lipinski definition) is 6. The van der Waals surface area contributed by atoms with Crippen molar-refractivity contribution >= 4 is 45.6 Å². The van der Waals surface area contributed by atoms with E-state index in [0.717, 1.165) is 0 Å². The minimum absolute atomic E-state index is 0. The van der Waals surface area contributed by atoms with Crippen LogP contribution in [0, 0.1) is 0 Å². The summed E-state index contributed by atoms with van der Waals surface area (Å²) >= 11 is 0. The summed E-state index contributed by atoms with van der Waals surface area (Å²) in [7, 11) is -3.58. The van der Waals surface area contributed by atoms with Crippen molar-refractivity contribution in [1.82, 2.24) is 5.32 Å². The third-order valence-corrected chi connectivity index (χ3v) is 3.22. The molecular weight excluding hydrogens is 281 g/mol. The number of rotatable bonds is 9. The Morgan fingerprint density at radius 3 is 2.47 bits per heavy atom. The van der Waals surface area contributed by atoms with Gasteiger partial charge in [0.15, 0.2) is 0 Å². The summed E-state index contributed by atoms with van der Waals surface area (Å²) < 4.78 is 27.3. The molecule has 108 valence electrons. The van der Waals surface area contributed by atoms with E-state index in [4.69, 9.17) is 15.7 Å². The number of nitrogens with two attached hydrogens (primary N) is 2. The van der Waals surface area contributed by atoms with Gasteiger partial charge in [0, 0.05) is 12.1 Å². The van der Waals surface area contributed by atoms with Crippen LogP contribution in [0.5, 0.6) is 0 Å². The van der Waals surface area contributed by atoms with Crippen LogP contribution in [0.15, 0.2) is 12.2 Å². The molecule has 0 unspecified atom stereocenters. The van der Waals surface area contributed by atoms with E-state index >= 15 is 0 Å². The van der Waals surface area contributed by atoms with E-state index in [-0.39, 0.29) is 54.2 Å². The Bertz CT molecular complexity index is 384. The average molecular weight is 303 g/mol. The summed E-state index contributed by atoms with van der Waals surface area (Å²) in [5.41, 5.74) is 10.9. The Labute approximate surface area is 136 Å². The van der Waals surface area contributed by atoms with Crippen LogP contribution >= 0.6 is 0 Å². The van der Waals surface area contributed by atoms with Gasteiger partial charge in [-0.2, -0.15) is 8.42 Å². The minimum atomic E-state index is -3.58. The normalized spacial score (nSPS) is 10.9. The van der Waals surface area contributed by atoms with Crippen molar-refractivity contribution in [2.45, 2.75) is 25.9 Å². The van der Waals surface area contributed by atoms with Crippen molar-refractivity contribution in [1.29, 1.82) is 0 Å². The topological polar surface area (TPSA) is 125 Å². The Morgan fingerprint density at radius 1 is 1.42 bits per heavy atom. The molecule has 9 heteroatoms. The summed E-state index contributed by atoms with van der Waals surface area (Å²) in [4.78, 5) is 11.1. The molecule has 0 spiro atoms. The van der Waals surface area contributed by atoms with Crippen LogP contribution in [0.1, 0.15) is 19.8 Å². The van der Waals surface area contributed by atoms with Gasteiger partial charge in [0.25, 0.3) is 10.1 Å². The van der Waals surface area contributed by atoms with E-state index in [1.165, 1.54) is 0 Å². The Kier molecular flexibility index (Phi) is 12.1. The first-order valence-corrected chi connectivity index (χ1v) is 7.14. The van der Waals surface area contributed by atoms with E-state index in [1.807, 2.05) is 0 Å². The maximum atomic E-state index is 11.3. The molecule has 5 N–H and O–H groups in total. The second-order valence-corrected chi connectivity index (χ2v) is 5.69. The van der Waals surface area contributed by atoms with Gasteiger partial charge in [0.2, 0.25) is 5.91 Å². The van der Waals surface area contributed by atoms with Crippen LogP contribution < -0.4 is 16.8 Å². The summed E-state index contributed by atoms with van der Waals surface area (Å²) in [5, 5.41) is 2.57. The van der Waals surface area contributed by atoms with E-state index < -0.39 is 16.3 Å². The third kappa shape index (κ3) is 12.8. The van der Waals surface area contributed by atoms with Gasteiger partial charge in [-0.1, -0.05) is 6.58 Å². The van der Waals surface area contributed by atoms with Gasteiger partial charge in [0.1, 0.15) is 0 Å². The van der Waals surface area contributed by atoms with Crippen molar-refractivity contribution in [3.05, 3.63) is 12.2 Å². The fraction of sp³-hybridized carbons (Fsp3) is 0.700. The Balaban J connectivity index is 0. The number of carbonyl (C=O) groups excluding carboxylic acids is 1. The van der Waals surface area contributed by atoms with Crippen molar-refractivity contribution in [3.63, 3.8) is 0 Å². The molecule has 1 amide bonds. The van der Waals surface area contributed by atoms with Gasteiger partial charge < -0.3 is 16.8 Å². The quantitative estimate of drug-likeness (QED) is 0.155. The molecule has 7 nitrogen and oxygen atoms in total. The predicted octanol–water partition coefficient (Wildman–Crippen LogP) is -1.60. The molecule has 0 heterocycles. The van der Waals surface area contributed by atoms with Crippen LogP contribution in [-0.4, -0.2) is 69.0 Å². The predicted molar refractivity (Wildman–Crippen MR) is 76.1 cm³/mol. The SMILES string of the molecule is C=C(C)C(=O)NCCCOS(=O)(=O)CCC(N)N.[NaH]. The van der Waals surface area contributed by atoms with Crippen LogP contribution in [0.2, 0.25) is 0 Å². The van der Waals surface area contributed by atoms with Crippen LogP contribution in [0.3, 0.4) is 0 Å². The van der Waals surface area contributed by atoms with Gasteiger partial charge in [-0.3, -0.25) is 8.98 Å². The monoisotopic (exact) mass is 303 g/mol. The molecule has 0 radical (unpaired) electrons. The number of carbonyl (C=O) groups is 1. The average Bonchev–Trinajstić information content (AvgIpc) is 2.25. The molecule has 0 bridgehead atoms. The van der Waals surface area contributed by atoms with Crippen LogP contribution in [0.25, 0.3) is 0 Å². The van der Waals surface area contributed by atoms with Gasteiger partial charge in [0.05, 0.1) is 18.5 Å². The second-order valence-electron chi connectivity index (χ2n) is 3.93. The molecule has 0 aliphatic rings. The first-order chi connectivity index (χ1) is 8.24. The number of nitrogens with one attached hydrogen (secondary N) is 1. The molecule has 19 heavy (non-hydrogen) atoms. The zero-order valence-electron chi connectivity index (χ0n) is 10.5. The molecule has 0 fully saturated rings. The molecule has 0 aliphatic heterocycles. The maximum absolute atomic E-state index is 11.3. The Hall–Kier alpha value is 0.0400. The fourth-order valence-corrected chi connectivity index (χ4v) is 2.00.